The van der Waals surface area contributed by atoms with Crippen molar-refractivity contribution in [2.45, 2.75) is 39.0 Å². The van der Waals surface area contributed by atoms with Crippen LogP contribution >= 0.6 is 35.3 Å². The summed E-state index contributed by atoms with van der Waals surface area (Å²) in [4.78, 5) is 19.7. The smallest absolute Gasteiger partial charge is 0.217 e. The molecule has 1 amide bonds. The topological polar surface area (TPSA) is 70.7 Å². The van der Waals surface area contributed by atoms with Crippen molar-refractivity contribution in [1.82, 2.24) is 10.2 Å². The zero-order valence-electron chi connectivity index (χ0n) is 14.5. The van der Waals surface area contributed by atoms with Crippen molar-refractivity contribution >= 4 is 47.2 Å². The highest BCUT2D eigenvalue weighted by Crippen LogP contribution is 2.22. The van der Waals surface area contributed by atoms with Gasteiger partial charge in [-0.15, -0.1) is 35.3 Å². The van der Waals surface area contributed by atoms with Crippen molar-refractivity contribution in [3.63, 3.8) is 0 Å². The second-order valence-electron chi connectivity index (χ2n) is 6.24. The van der Waals surface area contributed by atoms with Gasteiger partial charge in [0.1, 0.15) is 0 Å². The normalized spacial score (nSPS) is 19.5. The van der Waals surface area contributed by atoms with Crippen LogP contribution in [0.4, 0.5) is 0 Å². The van der Waals surface area contributed by atoms with E-state index >= 15 is 0 Å². The fourth-order valence-electron chi connectivity index (χ4n) is 3.02. The van der Waals surface area contributed by atoms with Crippen molar-refractivity contribution in [2.75, 3.05) is 26.2 Å². The second-order valence-corrected chi connectivity index (χ2v) is 7.22. The van der Waals surface area contributed by atoms with E-state index < -0.39 is 0 Å². The first-order valence-corrected chi connectivity index (χ1v) is 9.33. The standard InChI is InChI=1S/C17H28N4OS.HI/c1-3-19-17(20-11-13(2)15-7-5-9-23-15)21-8-4-6-14(12-21)10-16(18)22;/h5,7,9,13-14H,3-4,6,8,10-12H2,1-2H3,(H2,18,22)(H,19,20);1H. The highest BCUT2D eigenvalue weighted by Gasteiger charge is 2.23. The Kier molecular flexibility index (Phi) is 9.65. The van der Waals surface area contributed by atoms with E-state index in [0.717, 1.165) is 45.0 Å². The Labute approximate surface area is 166 Å². The average Bonchev–Trinajstić information content (AvgIpc) is 3.05. The van der Waals surface area contributed by atoms with Crippen molar-refractivity contribution in [3.8, 4) is 0 Å². The molecular weight excluding hydrogens is 435 g/mol. The van der Waals surface area contributed by atoms with Crippen LogP contribution in [0.15, 0.2) is 22.5 Å². The van der Waals surface area contributed by atoms with Gasteiger partial charge in [-0.3, -0.25) is 9.79 Å². The Hall–Kier alpha value is -0.830. The van der Waals surface area contributed by atoms with Crippen LogP contribution in [-0.4, -0.2) is 42.9 Å². The van der Waals surface area contributed by atoms with Crippen LogP contribution in [0.25, 0.3) is 0 Å². The molecule has 24 heavy (non-hydrogen) atoms. The summed E-state index contributed by atoms with van der Waals surface area (Å²) in [6, 6.07) is 4.26. The summed E-state index contributed by atoms with van der Waals surface area (Å²) < 4.78 is 0. The first-order chi connectivity index (χ1) is 11.1. The van der Waals surface area contributed by atoms with Gasteiger partial charge >= 0.3 is 0 Å². The number of thiophene rings is 1. The van der Waals surface area contributed by atoms with Crippen LogP contribution in [0.3, 0.4) is 0 Å². The average molecular weight is 464 g/mol. The van der Waals surface area contributed by atoms with Crippen molar-refractivity contribution in [3.05, 3.63) is 22.4 Å². The first kappa shape index (κ1) is 21.2. The molecule has 0 saturated carbocycles. The zero-order valence-corrected chi connectivity index (χ0v) is 17.7. The molecule has 1 aliphatic rings. The number of primary amides is 1. The van der Waals surface area contributed by atoms with Gasteiger partial charge in [0, 0.05) is 36.9 Å². The molecule has 3 N–H and O–H groups in total. The summed E-state index contributed by atoms with van der Waals surface area (Å²) in [6.45, 7) is 7.79. The molecule has 1 aromatic heterocycles. The van der Waals surface area contributed by atoms with E-state index in [1.54, 1.807) is 11.3 Å². The summed E-state index contributed by atoms with van der Waals surface area (Å²) in [5.74, 6) is 1.53. The lowest BCUT2D eigenvalue weighted by Crippen LogP contribution is -2.47. The molecular formula is C17H29IN4OS. The molecule has 0 aromatic carbocycles. The van der Waals surface area contributed by atoms with Crippen molar-refractivity contribution in [2.24, 2.45) is 16.6 Å². The van der Waals surface area contributed by atoms with Gasteiger partial charge in [-0.2, -0.15) is 0 Å². The quantitative estimate of drug-likeness (QED) is 0.386. The second kappa shape index (κ2) is 10.9. The molecule has 1 aliphatic heterocycles. The summed E-state index contributed by atoms with van der Waals surface area (Å²) in [6.07, 6.45) is 2.63. The Balaban J connectivity index is 0.00000288. The molecule has 1 fully saturated rings. The number of piperidine rings is 1. The molecule has 0 radical (unpaired) electrons. The number of nitrogens with one attached hydrogen (secondary N) is 1. The lowest BCUT2D eigenvalue weighted by molar-refractivity contribution is -0.119. The van der Waals surface area contributed by atoms with Crippen LogP contribution < -0.4 is 11.1 Å². The third-order valence-electron chi connectivity index (χ3n) is 4.19. The van der Waals surface area contributed by atoms with Gasteiger partial charge in [0.05, 0.1) is 6.54 Å². The molecule has 2 rings (SSSR count). The fourth-order valence-corrected chi connectivity index (χ4v) is 3.80. The van der Waals surface area contributed by atoms with E-state index in [2.05, 4.69) is 41.6 Å². The number of nitrogens with two attached hydrogens (primary N) is 1. The van der Waals surface area contributed by atoms with E-state index in [1.807, 2.05) is 0 Å². The number of carbonyl (C=O) groups excluding carboxylic acids is 1. The van der Waals surface area contributed by atoms with Crippen LogP contribution in [0.1, 0.15) is 43.9 Å². The number of likely N-dealkylation sites (tertiary alicyclic amines) is 1. The Bertz CT molecular complexity index is 521. The van der Waals surface area contributed by atoms with E-state index in [4.69, 9.17) is 10.7 Å². The molecule has 0 aliphatic carbocycles. The lowest BCUT2D eigenvalue weighted by Gasteiger charge is -2.34. The van der Waals surface area contributed by atoms with Crippen LogP contribution in [0.2, 0.25) is 0 Å². The molecule has 2 heterocycles. The van der Waals surface area contributed by atoms with E-state index in [1.165, 1.54) is 4.88 Å². The fraction of sp³-hybridized carbons (Fsp3) is 0.647. The van der Waals surface area contributed by atoms with Gasteiger partial charge in [-0.25, -0.2) is 0 Å². The van der Waals surface area contributed by atoms with E-state index in [9.17, 15) is 4.79 Å². The van der Waals surface area contributed by atoms with Gasteiger partial charge in [0.15, 0.2) is 5.96 Å². The van der Waals surface area contributed by atoms with Crippen LogP contribution in [0, 0.1) is 5.92 Å². The highest BCUT2D eigenvalue weighted by molar-refractivity contribution is 14.0. The van der Waals surface area contributed by atoms with Gasteiger partial charge in [-0.05, 0) is 37.1 Å². The molecule has 136 valence electrons. The third-order valence-corrected chi connectivity index (χ3v) is 5.29. The minimum Gasteiger partial charge on any atom is -0.370 e. The number of nitrogens with zero attached hydrogens (tertiary/aromatic N) is 2. The summed E-state index contributed by atoms with van der Waals surface area (Å²) in [5, 5.41) is 5.50. The maximum absolute atomic E-state index is 11.2. The van der Waals surface area contributed by atoms with Gasteiger partial charge in [-0.1, -0.05) is 13.0 Å². The minimum absolute atomic E-state index is 0. The van der Waals surface area contributed by atoms with Gasteiger partial charge in [0.25, 0.3) is 0 Å². The lowest BCUT2D eigenvalue weighted by atomic mass is 9.95. The minimum atomic E-state index is -0.204. The van der Waals surface area contributed by atoms with Crippen molar-refractivity contribution in [1.29, 1.82) is 0 Å². The highest BCUT2D eigenvalue weighted by atomic mass is 127. The molecule has 0 bridgehead atoms. The first-order valence-electron chi connectivity index (χ1n) is 8.45. The van der Waals surface area contributed by atoms with Gasteiger partial charge < -0.3 is 16.0 Å². The maximum Gasteiger partial charge on any atom is 0.217 e. The van der Waals surface area contributed by atoms with Crippen LogP contribution in [-0.2, 0) is 4.79 Å². The predicted octanol–water partition coefficient (Wildman–Crippen LogP) is 3.02. The monoisotopic (exact) mass is 464 g/mol. The third kappa shape index (κ3) is 6.58. The number of guanidine groups is 1. The summed E-state index contributed by atoms with van der Waals surface area (Å²) >= 11 is 1.78. The largest absolute Gasteiger partial charge is 0.370 e. The van der Waals surface area contributed by atoms with E-state index in [0.29, 0.717) is 18.3 Å². The predicted molar refractivity (Wildman–Crippen MR) is 112 cm³/mol. The number of halogens is 1. The molecule has 2 atom stereocenters. The molecule has 0 spiro atoms. The Morgan fingerprint density at radius 2 is 2.38 bits per heavy atom. The van der Waals surface area contributed by atoms with Gasteiger partial charge in [0.2, 0.25) is 5.91 Å². The number of hydrogen-bond donors (Lipinski definition) is 2. The van der Waals surface area contributed by atoms with E-state index in [-0.39, 0.29) is 29.9 Å². The zero-order chi connectivity index (χ0) is 16.7. The molecule has 1 aromatic rings. The molecule has 5 nitrogen and oxygen atoms in total. The number of rotatable bonds is 6. The van der Waals surface area contributed by atoms with Crippen molar-refractivity contribution < 1.29 is 4.79 Å². The maximum atomic E-state index is 11.2. The van der Waals surface area contributed by atoms with Crippen LogP contribution in [0.5, 0.6) is 0 Å². The molecule has 2 unspecified atom stereocenters. The number of hydrogen-bond acceptors (Lipinski definition) is 3. The number of aliphatic imine (C=N–C) groups is 1. The number of carbonyl (C=O) groups is 1. The Morgan fingerprint density at radius 1 is 1.58 bits per heavy atom. The SMILES string of the molecule is CCNC(=NCC(C)c1cccs1)N1CCCC(CC(N)=O)C1.I. The molecule has 1 saturated heterocycles. The Morgan fingerprint density at radius 3 is 3.00 bits per heavy atom. The molecule has 7 heteroatoms. The summed E-state index contributed by atoms with van der Waals surface area (Å²) in [7, 11) is 0. The summed E-state index contributed by atoms with van der Waals surface area (Å²) in [5.41, 5.74) is 5.35. The number of amides is 1.